The van der Waals surface area contributed by atoms with Gasteiger partial charge in [-0.15, -0.1) is 0 Å². The van der Waals surface area contributed by atoms with Crippen LogP contribution in [0.25, 0.3) is 0 Å². The molecule has 0 aromatic heterocycles. The van der Waals surface area contributed by atoms with Crippen molar-refractivity contribution >= 4 is 47.0 Å². The average molecular weight is 367 g/mol. The number of rotatable bonds is 0. The third kappa shape index (κ3) is 16.1. The minimum absolute atomic E-state index is 1.42. The molecule has 4 heteroatoms. The highest BCUT2D eigenvalue weighted by atomic mass is 32.2. The second kappa shape index (κ2) is 17.7. The van der Waals surface area contributed by atoms with Gasteiger partial charge in [0.1, 0.15) is 0 Å². The molecule has 0 radical (unpaired) electrons. The first kappa shape index (κ1) is 20.4. The Morgan fingerprint density at radius 2 is 0.429 bits per heavy atom. The molecular formula is C17H34S4. The Morgan fingerprint density at radius 3 is 0.524 bits per heavy atom. The van der Waals surface area contributed by atoms with E-state index in [1.807, 2.05) is 11.8 Å². The summed E-state index contributed by atoms with van der Waals surface area (Å²) in [5.74, 6) is 11.3. The molecule has 4 fully saturated rings. The van der Waals surface area contributed by atoms with Crippen LogP contribution in [0.4, 0.5) is 0 Å². The van der Waals surface area contributed by atoms with Gasteiger partial charge in [0.25, 0.3) is 0 Å². The van der Waals surface area contributed by atoms with Gasteiger partial charge in [-0.2, -0.15) is 47.0 Å². The summed E-state index contributed by atoms with van der Waals surface area (Å²) in [5, 5.41) is 0. The fourth-order valence-corrected chi connectivity index (χ4v) is 5.38. The fraction of sp³-hybridized carbons (Fsp3) is 1.00. The van der Waals surface area contributed by atoms with E-state index in [-0.39, 0.29) is 0 Å². The van der Waals surface area contributed by atoms with Gasteiger partial charge >= 0.3 is 0 Å². The Hall–Kier alpha value is 1.40. The van der Waals surface area contributed by atoms with E-state index >= 15 is 0 Å². The lowest BCUT2D eigenvalue weighted by atomic mass is 10.3. The molecule has 21 heavy (non-hydrogen) atoms. The Labute approximate surface area is 150 Å². The standard InChI is InChI=1S/2C5H10S.C4H8S.C3H6S/c2*1-2-4-6-5-3-1;1-2-4-5-3-1;1-2-4-3-1/h2*1-5H2;1-4H2;1-3H2. The summed E-state index contributed by atoms with van der Waals surface area (Å²) in [6, 6.07) is 0. The first-order valence-electron chi connectivity index (χ1n) is 8.81. The van der Waals surface area contributed by atoms with E-state index in [1.54, 1.807) is 0 Å². The maximum atomic E-state index is 2.09. The molecule has 0 amide bonds. The molecule has 4 rings (SSSR count). The van der Waals surface area contributed by atoms with E-state index in [0.29, 0.717) is 0 Å². The van der Waals surface area contributed by atoms with E-state index in [1.165, 1.54) is 104 Å². The highest BCUT2D eigenvalue weighted by molar-refractivity contribution is 8.00. The van der Waals surface area contributed by atoms with Gasteiger partial charge in [0.15, 0.2) is 0 Å². The van der Waals surface area contributed by atoms with Crippen LogP contribution in [-0.4, -0.2) is 46.0 Å². The lowest BCUT2D eigenvalue weighted by molar-refractivity contribution is 0.764. The summed E-state index contributed by atoms with van der Waals surface area (Å²) in [7, 11) is 0. The number of hydrogen-bond donors (Lipinski definition) is 0. The van der Waals surface area contributed by atoms with Crippen molar-refractivity contribution in [3.05, 3.63) is 0 Å². The Kier molecular flexibility index (Phi) is 17.3. The fourth-order valence-electron chi connectivity index (χ4n) is 2.03. The second-order valence-corrected chi connectivity index (χ2v) is 10.5. The van der Waals surface area contributed by atoms with Crippen LogP contribution in [-0.2, 0) is 0 Å². The van der Waals surface area contributed by atoms with Crippen LogP contribution < -0.4 is 0 Å². The molecule has 0 saturated carbocycles. The van der Waals surface area contributed by atoms with Gasteiger partial charge in [-0.1, -0.05) is 12.8 Å². The first-order chi connectivity index (χ1) is 10.5. The Bertz CT molecular complexity index is 137. The molecule has 4 aliphatic heterocycles. The maximum absolute atomic E-state index is 2.09. The minimum Gasteiger partial charge on any atom is -0.162 e. The van der Waals surface area contributed by atoms with E-state index in [2.05, 4.69) is 35.3 Å². The molecule has 0 bridgehead atoms. The minimum atomic E-state index is 1.42. The molecule has 0 aromatic rings. The molecule has 4 aliphatic rings. The van der Waals surface area contributed by atoms with Crippen LogP contribution >= 0.6 is 47.0 Å². The number of hydrogen-bond acceptors (Lipinski definition) is 4. The maximum Gasteiger partial charge on any atom is -0.00597 e. The van der Waals surface area contributed by atoms with E-state index in [0.717, 1.165) is 0 Å². The van der Waals surface area contributed by atoms with Crippen molar-refractivity contribution in [3.8, 4) is 0 Å². The van der Waals surface area contributed by atoms with E-state index in [4.69, 9.17) is 0 Å². The zero-order valence-electron chi connectivity index (χ0n) is 13.7. The number of thioether (sulfide) groups is 4. The summed E-state index contributed by atoms with van der Waals surface area (Å²) in [6.07, 6.45) is 13.2. The molecule has 0 aromatic carbocycles. The summed E-state index contributed by atoms with van der Waals surface area (Å²) < 4.78 is 0. The zero-order valence-corrected chi connectivity index (χ0v) is 16.9. The van der Waals surface area contributed by atoms with Crippen LogP contribution in [0.3, 0.4) is 0 Å². The molecule has 0 N–H and O–H groups in total. The van der Waals surface area contributed by atoms with Crippen molar-refractivity contribution in [2.75, 3.05) is 46.0 Å². The lowest BCUT2D eigenvalue weighted by Gasteiger charge is -2.05. The van der Waals surface area contributed by atoms with Gasteiger partial charge in [-0.3, -0.25) is 0 Å². The van der Waals surface area contributed by atoms with Crippen LogP contribution in [0, 0.1) is 0 Å². The largest absolute Gasteiger partial charge is 0.162 e. The van der Waals surface area contributed by atoms with Gasteiger partial charge in [0, 0.05) is 0 Å². The second-order valence-electron chi connectivity index (χ2n) is 5.63. The SMILES string of the molecule is C1CCSC1.C1CCSCC1.C1CCSCC1.C1CSC1. The van der Waals surface area contributed by atoms with E-state index in [9.17, 15) is 0 Å². The molecule has 126 valence electrons. The molecule has 0 atom stereocenters. The van der Waals surface area contributed by atoms with Crippen molar-refractivity contribution in [2.45, 2.75) is 57.8 Å². The first-order valence-corrected chi connectivity index (χ1v) is 13.4. The molecule has 4 heterocycles. The summed E-state index contributed by atoms with van der Waals surface area (Å²) in [6.45, 7) is 0. The van der Waals surface area contributed by atoms with Crippen LogP contribution in [0.1, 0.15) is 57.8 Å². The lowest BCUT2D eigenvalue weighted by Crippen LogP contribution is -1.94. The third-order valence-electron chi connectivity index (χ3n) is 3.56. The van der Waals surface area contributed by atoms with Gasteiger partial charge < -0.3 is 0 Å². The van der Waals surface area contributed by atoms with Crippen molar-refractivity contribution in [1.82, 2.24) is 0 Å². The zero-order chi connectivity index (χ0) is 14.8. The Morgan fingerprint density at radius 1 is 0.238 bits per heavy atom. The quantitative estimate of drug-likeness (QED) is 0.483. The predicted octanol–water partition coefficient (Wildman–Crippen LogP) is 6.44. The molecular weight excluding hydrogens is 332 g/mol. The van der Waals surface area contributed by atoms with Gasteiger partial charge in [0.2, 0.25) is 0 Å². The molecule has 0 unspecified atom stereocenters. The predicted molar refractivity (Wildman–Crippen MR) is 111 cm³/mol. The monoisotopic (exact) mass is 366 g/mol. The van der Waals surface area contributed by atoms with Gasteiger partial charge in [0.05, 0.1) is 0 Å². The molecule has 0 nitrogen and oxygen atoms in total. The van der Waals surface area contributed by atoms with Crippen LogP contribution in [0.15, 0.2) is 0 Å². The van der Waals surface area contributed by atoms with Crippen molar-refractivity contribution in [1.29, 1.82) is 0 Å². The van der Waals surface area contributed by atoms with Crippen molar-refractivity contribution in [3.63, 3.8) is 0 Å². The van der Waals surface area contributed by atoms with Crippen molar-refractivity contribution < 1.29 is 0 Å². The van der Waals surface area contributed by atoms with Gasteiger partial charge in [-0.25, -0.2) is 0 Å². The topological polar surface area (TPSA) is 0 Å². The molecule has 4 saturated heterocycles. The highest BCUT2D eigenvalue weighted by Crippen LogP contribution is 2.16. The normalized spacial score (nSPS) is 24.0. The van der Waals surface area contributed by atoms with Crippen molar-refractivity contribution in [2.24, 2.45) is 0 Å². The average Bonchev–Trinajstić information content (AvgIpc) is 3.09. The Balaban J connectivity index is 0.000000142. The molecule has 0 spiro atoms. The third-order valence-corrected chi connectivity index (χ3v) is 8.18. The van der Waals surface area contributed by atoms with Crippen LogP contribution in [0.5, 0.6) is 0 Å². The summed E-state index contributed by atoms with van der Waals surface area (Å²) in [5.41, 5.74) is 0. The molecule has 0 aliphatic carbocycles. The smallest absolute Gasteiger partial charge is 0.00597 e. The van der Waals surface area contributed by atoms with Gasteiger partial charge in [-0.05, 0) is 91.0 Å². The summed E-state index contributed by atoms with van der Waals surface area (Å²) >= 11 is 8.30. The highest BCUT2D eigenvalue weighted by Gasteiger charge is 1.97. The van der Waals surface area contributed by atoms with E-state index < -0.39 is 0 Å². The summed E-state index contributed by atoms with van der Waals surface area (Å²) in [4.78, 5) is 0. The van der Waals surface area contributed by atoms with Crippen LogP contribution in [0.2, 0.25) is 0 Å².